The number of aromatic nitrogens is 2. The molecule has 1 fully saturated rings. The zero-order valence-electron chi connectivity index (χ0n) is 17.1. The predicted octanol–water partition coefficient (Wildman–Crippen LogP) is 3.97. The first-order valence-electron chi connectivity index (χ1n) is 10.1. The van der Waals surface area contributed by atoms with Crippen LogP contribution in [0, 0.1) is 11.7 Å². The van der Waals surface area contributed by atoms with Crippen LogP contribution in [-0.2, 0) is 6.42 Å². The lowest BCUT2D eigenvalue weighted by Crippen LogP contribution is -2.48. The highest BCUT2D eigenvalue weighted by Gasteiger charge is 2.34. The molecule has 4 rings (SSSR count). The minimum atomic E-state index is -0.257. The summed E-state index contributed by atoms with van der Waals surface area (Å²) in [5, 5.41) is 3.71. The van der Waals surface area contributed by atoms with E-state index in [0.717, 1.165) is 24.6 Å². The number of hydrogen-bond acceptors (Lipinski definition) is 6. The number of nitrogens with zero attached hydrogens (tertiary/aromatic N) is 4. The third-order valence-corrected chi connectivity index (χ3v) is 7.09. The van der Waals surface area contributed by atoms with E-state index in [0.29, 0.717) is 36.3 Å². The Morgan fingerprint density at radius 2 is 2.03 bits per heavy atom. The second-order valence-electron chi connectivity index (χ2n) is 7.71. The molecule has 1 unspecified atom stereocenters. The molecule has 0 spiro atoms. The van der Waals surface area contributed by atoms with Gasteiger partial charge >= 0.3 is 0 Å². The summed E-state index contributed by atoms with van der Waals surface area (Å²) >= 11 is 2.50. The quantitative estimate of drug-likeness (QED) is 0.561. The van der Waals surface area contributed by atoms with Gasteiger partial charge in [-0.15, -0.1) is 0 Å². The molecular weight excluding hydrogens is 435 g/mol. The molecule has 0 aliphatic carbocycles. The summed E-state index contributed by atoms with van der Waals surface area (Å²) < 4.78 is 22.4. The number of benzene rings is 1. The van der Waals surface area contributed by atoms with Gasteiger partial charge in [0.1, 0.15) is 5.82 Å². The number of piperidine rings is 1. The van der Waals surface area contributed by atoms with E-state index in [1.54, 1.807) is 29.0 Å². The van der Waals surface area contributed by atoms with Gasteiger partial charge in [0, 0.05) is 31.6 Å². The Kier molecular flexibility index (Phi) is 6.72. The van der Waals surface area contributed by atoms with Crippen molar-refractivity contribution >= 4 is 34.9 Å². The molecule has 2 aromatic heterocycles. The van der Waals surface area contributed by atoms with Crippen LogP contribution in [-0.4, -0.2) is 56.5 Å². The third-order valence-electron chi connectivity index (χ3n) is 5.92. The average Bonchev–Trinajstić information content (AvgIpc) is 3.52. The molecule has 0 radical (unpaired) electrons. The van der Waals surface area contributed by atoms with E-state index in [4.69, 9.17) is 0 Å². The van der Waals surface area contributed by atoms with E-state index in [1.165, 1.54) is 23.6 Å². The Balaban J connectivity index is 1.51. The Bertz CT molecular complexity index is 1020. The van der Waals surface area contributed by atoms with Crippen LogP contribution >= 0.6 is 23.1 Å². The summed E-state index contributed by atoms with van der Waals surface area (Å²) in [6, 6.07) is 8.37. The van der Waals surface area contributed by atoms with Crippen LogP contribution in [0.3, 0.4) is 0 Å². The normalized spacial score (nSPS) is 15.6. The molecule has 1 aromatic carbocycles. The van der Waals surface area contributed by atoms with E-state index in [-0.39, 0.29) is 29.6 Å². The van der Waals surface area contributed by atoms with Crippen LogP contribution in [0.1, 0.15) is 39.3 Å². The van der Waals surface area contributed by atoms with Crippen molar-refractivity contribution in [2.75, 3.05) is 20.1 Å². The van der Waals surface area contributed by atoms with Gasteiger partial charge in [-0.25, -0.2) is 4.39 Å². The fraction of sp³-hybridized carbons (Fsp3) is 0.364. The minimum Gasteiger partial charge on any atom is -0.338 e. The highest BCUT2D eigenvalue weighted by atomic mass is 32.1. The van der Waals surface area contributed by atoms with E-state index >= 15 is 0 Å². The van der Waals surface area contributed by atoms with E-state index in [9.17, 15) is 14.0 Å². The number of rotatable bonds is 6. The standard InChI is InChI=1S/C22H23FN4O2S2/c1-26(21(28)17-8-11-30-14-17)20(12-16-4-2-3-5-18(16)23)15-6-9-27(10-7-15)22(29)19-13-24-31-25-19/h2-5,8,11,13-15,20H,6-7,9-10,12H2,1H3. The monoisotopic (exact) mass is 458 g/mol. The molecule has 3 aromatic rings. The van der Waals surface area contributed by atoms with Crippen molar-refractivity contribution in [2.24, 2.45) is 5.92 Å². The first kappa shape index (κ1) is 21.6. The lowest BCUT2D eigenvalue weighted by atomic mass is 9.84. The van der Waals surface area contributed by atoms with Crippen LogP contribution in [0.5, 0.6) is 0 Å². The molecule has 0 saturated carbocycles. The third kappa shape index (κ3) is 4.83. The fourth-order valence-electron chi connectivity index (χ4n) is 4.16. The highest BCUT2D eigenvalue weighted by molar-refractivity contribution is 7.08. The van der Waals surface area contributed by atoms with Crippen LogP contribution in [0.2, 0.25) is 0 Å². The van der Waals surface area contributed by atoms with Gasteiger partial charge in [0.2, 0.25) is 0 Å². The van der Waals surface area contributed by atoms with Crippen LogP contribution in [0.15, 0.2) is 47.3 Å². The molecule has 31 heavy (non-hydrogen) atoms. The molecule has 1 saturated heterocycles. The molecule has 1 atom stereocenters. The maximum atomic E-state index is 14.4. The number of likely N-dealkylation sites (N-methyl/N-ethyl adjacent to an activating group) is 1. The number of halogens is 1. The smallest absolute Gasteiger partial charge is 0.275 e. The first-order chi connectivity index (χ1) is 15.0. The molecule has 9 heteroatoms. The van der Waals surface area contributed by atoms with Crippen molar-refractivity contribution in [1.82, 2.24) is 18.5 Å². The van der Waals surface area contributed by atoms with Gasteiger partial charge < -0.3 is 9.80 Å². The van der Waals surface area contributed by atoms with Crippen LogP contribution < -0.4 is 0 Å². The second-order valence-corrected chi connectivity index (χ2v) is 9.05. The largest absolute Gasteiger partial charge is 0.338 e. The summed E-state index contributed by atoms with van der Waals surface area (Å²) in [6.07, 6.45) is 3.41. The summed E-state index contributed by atoms with van der Waals surface area (Å²) in [7, 11) is 1.80. The average molecular weight is 459 g/mol. The van der Waals surface area contributed by atoms with Crippen LogP contribution in [0.25, 0.3) is 0 Å². The van der Waals surface area contributed by atoms with Gasteiger partial charge in [0.05, 0.1) is 23.5 Å². The van der Waals surface area contributed by atoms with Crippen molar-refractivity contribution in [2.45, 2.75) is 25.3 Å². The van der Waals surface area contributed by atoms with Gasteiger partial charge in [0.25, 0.3) is 11.8 Å². The summed E-state index contributed by atoms with van der Waals surface area (Å²) in [4.78, 5) is 29.2. The molecule has 0 bridgehead atoms. The van der Waals surface area contributed by atoms with Gasteiger partial charge in [-0.05, 0) is 48.3 Å². The number of thiophene rings is 1. The molecule has 1 aliphatic heterocycles. The summed E-state index contributed by atoms with van der Waals surface area (Å²) in [6.45, 7) is 1.16. The molecule has 6 nitrogen and oxygen atoms in total. The Labute approximate surface area is 188 Å². The zero-order valence-corrected chi connectivity index (χ0v) is 18.7. The number of hydrogen-bond donors (Lipinski definition) is 0. The lowest BCUT2D eigenvalue weighted by Gasteiger charge is -2.40. The van der Waals surface area contributed by atoms with Gasteiger partial charge in [-0.1, -0.05) is 18.2 Å². The van der Waals surface area contributed by atoms with Crippen LogP contribution in [0.4, 0.5) is 4.39 Å². The van der Waals surface area contributed by atoms with Crippen molar-refractivity contribution in [3.05, 3.63) is 69.9 Å². The summed E-state index contributed by atoms with van der Waals surface area (Å²) in [5.74, 6) is -0.271. The molecule has 162 valence electrons. The Morgan fingerprint density at radius 3 is 2.68 bits per heavy atom. The van der Waals surface area contributed by atoms with E-state index < -0.39 is 0 Å². The molecule has 1 aliphatic rings. The highest BCUT2D eigenvalue weighted by Crippen LogP contribution is 2.29. The molecular formula is C22H23FN4O2S2. The zero-order chi connectivity index (χ0) is 21.8. The van der Waals surface area contributed by atoms with E-state index in [2.05, 4.69) is 8.75 Å². The number of likely N-dealkylation sites (tertiary alicyclic amines) is 1. The van der Waals surface area contributed by atoms with Gasteiger partial charge in [0.15, 0.2) is 5.69 Å². The molecule has 0 N–H and O–H groups in total. The Hall–Kier alpha value is -2.65. The maximum absolute atomic E-state index is 14.4. The SMILES string of the molecule is CN(C(=O)c1ccsc1)C(Cc1ccccc1F)C1CCN(C(=O)c2cnsn2)CC1. The maximum Gasteiger partial charge on any atom is 0.275 e. The first-order valence-corrected chi connectivity index (χ1v) is 11.8. The van der Waals surface area contributed by atoms with Gasteiger partial charge in [-0.2, -0.15) is 20.1 Å². The molecule has 2 amide bonds. The van der Waals surface area contributed by atoms with Gasteiger partial charge in [-0.3, -0.25) is 9.59 Å². The lowest BCUT2D eigenvalue weighted by molar-refractivity contribution is 0.0519. The number of carbonyl (C=O) groups is 2. The minimum absolute atomic E-state index is 0.0605. The van der Waals surface area contributed by atoms with Crippen molar-refractivity contribution in [1.29, 1.82) is 0 Å². The summed E-state index contributed by atoms with van der Waals surface area (Å²) in [5.41, 5.74) is 1.62. The topological polar surface area (TPSA) is 66.4 Å². The van der Waals surface area contributed by atoms with E-state index in [1.807, 2.05) is 22.9 Å². The van der Waals surface area contributed by atoms with Crippen molar-refractivity contribution < 1.29 is 14.0 Å². The number of amides is 2. The number of carbonyl (C=O) groups excluding carboxylic acids is 2. The molecule has 3 heterocycles. The predicted molar refractivity (Wildman–Crippen MR) is 119 cm³/mol. The van der Waals surface area contributed by atoms with Crippen molar-refractivity contribution in [3.63, 3.8) is 0 Å². The second kappa shape index (κ2) is 9.65. The Morgan fingerprint density at radius 1 is 1.26 bits per heavy atom. The van der Waals surface area contributed by atoms with Crippen molar-refractivity contribution in [3.8, 4) is 0 Å². The fourth-order valence-corrected chi connectivity index (χ4v) is 5.19.